The summed E-state index contributed by atoms with van der Waals surface area (Å²) in [4.78, 5) is 0. The van der Waals surface area contributed by atoms with Crippen molar-refractivity contribution in [3.05, 3.63) is 0 Å². The first-order chi connectivity index (χ1) is 4.69. The molecule has 0 amide bonds. The summed E-state index contributed by atoms with van der Waals surface area (Å²) < 4.78 is 9.61. The van der Waals surface area contributed by atoms with Gasteiger partial charge in [-0.1, -0.05) is 0 Å². The molecule has 1 saturated heterocycles. The molecule has 2 unspecified atom stereocenters. The lowest BCUT2D eigenvalue weighted by Gasteiger charge is -2.34. The van der Waals surface area contributed by atoms with E-state index < -0.39 is 11.9 Å². The van der Waals surface area contributed by atoms with Crippen LogP contribution in [0.5, 0.6) is 0 Å². The molecule has 0 aromatic carbocycles. The summed E-state index contributed by atoms with van der Waals surface area (Å²) in [5, 5.41) is 18.5. The van der Waals surface area contributed by atoms with Crippen molar-refractivity contribution in [3.8, 4) is 0 Å². The van der Waals surface area contributed by atoms with Crippen molar-refractivity contribution >= 4 is 0 Å². The van der Waals surface area contributed by atoms with Crippen LogP contribution >= 0.6 is 0 Å². The maximum atomic E-state index is 9.40. The van der Waals surface area contributed by atoms with Crippen LogP contribution in [0.15, 0.2) is 0 Å². The lowest BCUT2D eigenvalue weighted by molar-refractivity contribution is -0.279. The summed E-state index contributed by atoms with van der Waals surface area (Å²) in [6, 6.07) is 0. The molecule has 0 saturated carbocycles. The van der Waals surface area contributed by atoms with Crippen molar-refractivity contribution in [1.82, 2.24) is 0 Å². The molecule has 1 rings (SSSR count). The highest BCUT2D eigenvalue weighted by Gasteiger charge is 2.38. The van der Waals surface area contributed by atoms with Crippen molar-refractivity contribution in [2.24, 2.45) is 0 Å². The van der Waals surface area contributed by atoms with Crippen LogP contribution in [-0.2, 0) is 9.47 Å². The van der Waals surface area contributed by atoms with E-state index in [4.69, 9.17) is 14.6 Å². The number of aliphatic hydroxyl groups excluding tert-OH is 1. The maximum Gasteiger partial charge on any atom is 0.196 e. The minimum absolute atomic E-state index is 0.143. The second-order valence-electron chi connectivity index (χ2n) is 2.39. The molecular formula is C6H12O4. The van der Waals surface area contributed by atoms with E-state index in [1.165, 1.54) is 7.11 Å². The Balaban J connectivity index is 2.54. The van der Waals surface area contributed by atoms with Gasteiger partial charge >= 0.3 is 0 Å². The van der Waals surface area contributed by atoms with E-state index in [0.29, 0.717) is 13.0 Å². The van der Waals surface area contributed by atoms with E-state index in [1.54, 1.807) is 0 Å². The van der Waals surface area contributed by atoms with Crippen LogP contribution in [0.1, 0.15) is 6.42 Å². The third-order valence-electron chi connectivity index (χ3n) is 1.75. The highest BCUT2D eigenvalue weighted by molar-refractivity contribution is 4.79. The summed E-state index contributed by atoms with van der Waals surface area (Å²) in [6.07, 6.45) is -0.601. The second kappa shape index (κ2) is 2.84. The third kappa shape index (κ3) is 1.29. The SMILES string of the molecule is COC1(O)CCOCC1O. The molecule has 1 fully saturated rings. The van der Waals surface area contributed by atoms with Crippen LogP contribution in [0.3, 0.4) is 0 Å². The van der Waals surface area contributed by atoms with Crippen molar-refractivity contribution in [1.29, 1.82) is 0 Å². The molecule has 4 nitrogen and oxygen atoms in total. The van der Waals surface area contributed by atoms with Gasteiger partial charge in [-0.3, -0.25) is 0 Å². The zero-order valence-electron chi connectivity index (χ0n) is 5.91. The summed E-state index contributed by atoms with van der Waals surface area (Å²) in [5.74, 6) is -1.39. The van der Waals surface area contributed by atoms with Crippen molar-refractivity contribution in [3.63, 3.8) is 0 Å². The number of hydrogen-bond acceptors (Lipinski definition) is 4. The Morgan fingerprint density at radius 2 is 2.40 bits per heavy atom. The normalized spacial score (nSPS) is 41.7. The van der Waals surface area contributed by atoms with Gasteiger partial charge in [-0.2, -0.15) is 0 Å². The number of hydrogen-bond donors (Lipinski definition) is 2. The lowest BCUT2D eigenvalue weighted by atomic mass is 10.1. The molecule has 1 aliphatic heterocycles. The fourth-order valence-corrected chi connectivity index (χ4v) is 0.948. The van der Waals surface area contributed by atoms with Crippen molar-refractivity contribution < 1.29 is 19.7 Å². The van der Waals surface area contributed by atoms with Crippen molar-refractivity contribution in [2.45, 2.75) is 18.3 Å². The van der Waals surface area contributed by atoms with Crippen LogP contribution in [0.2, 0.25) is 0 Å². The molecule has 0 aromatic rings. The largest absolute Gasteiger partial charge is 0.385 e. The van der Waals surface area contributed by atoms with Gasteiger partial charge in [0, 0.05) is 13.5 Å². The van der Waals surface area contributed by atoms with E-state index in [1.807, 2.05) is 0 Å². The van der Waals surface area contributed by atoms with Gasteiger partial charge in [-0.05, 0) is 0 Å². The van der Waals surface area contributed by atoms with Crippen LogP contribution in [0.4, 0.5) is 0 Å². The molecule has 4 heteroatoms. The van der Waals surface area contributed by atoms with E-state index in [2.05, 4.69) is 0 Å². The Morgan fingerprint density at radius 3 is 2.80 bits per heavy atom. The number of aliphatic hydroxyl groups is 2. The van der Waals surface area contributed by atoms with Crippen LogP contribution in [-0.4, -0.2) is 42.4 Å². The molecule has 2 N–H and O–H groups in total. The van der Waals surface area contributed by atoms with E-state index in [9.17, 15) is 5.11 Å². The van der Waals surface area contributed by atoms with E-state index >= 15 is 0 Å². The first-order valence-electron chi connectivity index (χ1n) is 3.22. The number of methoxy groups -OCH3 is 1. The maximum absolute atomic E-state index is 9.40. The fraction of sp³-hybridized carbons (Fsp3) is 1.00. The molecule has 10 heavy (non-hydrogen) atoms. The van der Waals surface area contributed by atoms with Gasteiger partial charge < -0.3 is 19.7 Å². The quantitative estimate of drug-likeness (QED) is 0.473. The molecule has 0 radical (unpaired) electrons. The highest BCUT2D eigenvalue weighted by atomic mass is 16.6. The average molecular weight is 148 g/mol. The molecule has 0 aromatic heterocycles. The Hall–Kier alpha value is -0.160. The standard InChI is InChI=1S/C6H12O4/c1-9-6(8)2-3-10-4-5(6)7/h5,7-8H,2-4H2,1H3. The Kier molecular flexibility index (Phi) is 2.25. The molecular weight excluding hydrogens is 136 g/mol. The van der Waals surface area contributed by atoms with Gasteiger partial charge in [0.05, 0.1) is 13.2 Å². The predicted octanol–water partition coefficient (Wildman–Crippen LogP) is -0.897. The monoisotopic (exact) mass is 148 g/mol. The van der Waals surface area contributed by atoms with E-state index in [0.717, 1.165) is 0 Å². The zero-order valence-corrected chi connectivity index (χ0v) is 5.91. The van der Waals surface area contributed by atoms with Gasteiger partial charge in [-0.15, -0.1) is 0 Å². The Morgan fingerprint density at radius 1 is 1.70 bits per heavy atom. The third-order valence-corrected chi connectivity index (χ3v) is 1.75. The minimum atomic E-state index is -1.39. The molecule has 0 aliphatic carbocycles. The smallest absolute Gasteiger partial charge is 0.196 e. The molecule has 1 aliphatic rings. The number of ether oxygens (including phenoxy) is 2. The van der Waals surface area contributed by atoms with Gasteiger partial charge in [0.25, 0.3) is 0 Å². The van der Waals surface area contributed by atoms with Crippen molar-refractivity contribution in [2.75, 3.05) is 20.3 Å². The first-order valence-corrected chi connectivity index (χ1v) is 3.22. The molecule has 0 bridgehead atoms. The first kappa shape index (κ1) is 7.94. The van der Waals surface area contributed by atoms with Crippen LogP contribution in [0, 0.1) is 0 Å². The molecule has 2 atom stereocenters. The topological polar surface area (TPSA) is 58.9 Å². The molecule has 0 spiro atoms. The van der Waals surface area contributed by atoms with Crippen LogP contribution in [0.25, 0.3) is 0 Å². The summed E-state index contributed by atoms with van der Waals surface area (Å²) in [7, 11) is 1.37. The zero-order chi connectivity index (χ0) is 7.61. The van der Waals surface area contributed by atoms with Crippen LogP contribution < -0.4 is 0 Å². The highest BCUT2D eigenvalue weighted by Crippen LogP contribution is 2.20. The predicted molar refractivity (Wildman–Crippen MR) is 33.4 cm³/mol. The van der Waals surface area contributed by atoms with Gasteiger partial charge in [-0.25, -0.2) is 0 Å². The summed E-state index contributed by atoms with van der Waals surface area (Å²) >= 11 is 0. The Labute approximate surface area is 59.4 Å². The van der Waals surface area contributed by atoms with E-state index in [-0.39, 0.29) is 6.61 Å². The molecule has 60 valence electrons. The average Bonchev–Trinajstić information content (AvgIpc) is 1.96. The van der Waals surface area contributed by atoms with Gasteiger partial charge in [0.2, 0.25) is 0 Å². The summed E-state index contributed by atoms with van der Waals surface area (Å²) in [5.41, 5.74) is 0. The second-order valence-corrected chi connectivity index (χ2v) is 2.39. The Bertz CT molecular complexity index is 116. The molecule has 1 heterocycles. The lowest BCUT2D eigenvalue weighted by Crippen LogP contribution is -2.50. The fourth-order valence-electron chi connectivity index (χ4n) is 0.948. The van der Waals surface area contributed by atoms with Gasteiger partial charge in [0.15, 0.2) is 5.79 Å². The minimum Gasteiger partial charge on any atom is -0.385 e. The van der Waals surface area contributed by atoms with Gasteiger partial charge in [0.1, 0.15) is 6.10 Å². The number of rotatable bonds is 1. The summed E-state index contributed by atoms with van der Waals surface area (Å²) in [6.45, 7) is 0.575.